The smallest absolute Gasteiger partial charge is 0.341 e. The minimum atomic E-state index is -0.634. The van der Waals surface area contributed by atoms with Crippen molar-refractivity contribution in [1.29, 1.82) is 0 Å². The van der Waals surface area contributed by atoms with Crippen LogP contribution in [0.2, 0.25) is 0 Å². The lowest BCUT2D eigenvalue weighted by Crippen LogP contribution is -2.22. The van der Waals surface area contributed by atoms with Crippen molar-refractivity contribution in [2.45, 2.75) is 13.3 Å². The zero-order chi connectivity index (χ0) is 21.5. The molecule has 0 atom stereocenters. The van der Waals surface area contributed by atoms with Crippen molar-refractivity contribution in [3.8, 4) is 11.3 Å². The number of rotatable bonds is 8. The molecule has 0 unspecified atom stereocenters. The van der Waals surface area contributed by atoms with E-state index in [1.807, 2.05) is 0 Å². The Morgan fingerprint density at radius 1 is 1.13 bits per heavy atom. The van der Waals surface area contributed by atoms with Crippen LogP contribution in [-0.4, -0.2) is 31.1 Å². The number of ether oxygens (including phenoxy) is 2. The zero-order valence-electron chi connectivity index (χ0n) is 16.0. The van der Waals surface area contributed by atoms with Crippen LogP contribution >= 0.6 is 11.3 Å². The van der Waals surface area contributed by atoms with Gasteiger partial charge >= 0.3 is 11.9 Å². The first-order valence-electron chi connectivity index (χ1n) is 9.00. The highest BCUT2D eigenvalue weighted by Gasteiger charge is 2.24. The normalized spacial score (nSPS) is 10.5. The molecule has 2 heterocycles. The molecule has 3 aromatic rings. The minimum absolute atomic E-state index is 0.0940. The van der Waals surface area contributed by atoms with Crippen LogP contribution in [0.5, 0.6) is 0 Å². The van der Waals surface area contributed by atoms with Crippen LogP contribution in [-0.2, 0) is 25.5 Å². The fraction of sp³-hybridized carbons (Fsp3) is 0.190. The SMILES string of the molecule is CCOC(=O)c1c(-c2ccco2)csc1NC(=O)COC(=O)Cc1ccc(F)cc1. The molecule has 0 aliphatic rings. The summed E-state index contributed by atoms with van der Waals surface area (Å²) in [5, 5.41) is 4.50. The monoisotopic (exact) mass is 431 g/mol. The third-order valence-electron chi connectivity index (χ3n) is 3.94. The Morgan fingerprint density at radius 3 is 2.57 bits per heavy atom. The number of thiophene rings is 1. The molecule has 7 nitrogen and oxygen atoms in total. The molecule has 0 aliphatic carbocycles. The van der Waals surface area contributed by atoms with Crippen molar-refractivity contribution in [3.05, 3.63) is 65.0 Å². The second-order valence-electron chi connectivity index (χ2n) is 6.06. The first-order valence-corrected chi connectivity index (χ1v) is 9.88. The first kappa shape index (κ1) is 21.3. The molecule has 0 bridgehead atoms. The number of carbonyl (C=O) groups is 3. The summed E-state index contributed by atoms with van der Waals surface area (Å²) in [6, 6.07) is 8.77. The van der Waals surface area contributed by atoms with Gasteiger partial charge < -0.3 is 19.2 Å². The first-order chi connectivity index (χ1) is 14.5. The summed E-state index contributed by atoms with van der Waals surface area (Å²) in [6.07, 6.45) is 1.38. The number of hydrogen-bond acceptors (Lipinski definition) is 7. The van der Waals surface area contributed by atoms with E-state index in [9.17, 15) is 18.8 Å². The van der Waals surface area contributed by atoms with E-state index >= 15 is 0 Å². The van der Waals surface area contributed by atoms with Crippen LogP contribution in [0.3, 0.4) is 0 Å². The molecule has 0 aliphatic heterocycles. The molecule has 1 N–H and O–H groups in total. The number of halogens is 1. The number of benzene rings is 1. The van der Waals surface area contributed by atoms with Crippen LogP contribution in [0.15, 0.2) is 52.5 Å². The number of furan rings is 1. The zero-order valence-corrected chi connectivity index (χ0v) is 16.8. The van der Waals surface area contributed by atoms with E-state index in [0.29, 0.717) is 16.9 Å². The minimum Gasteiger partial charge on any atom is -0.464 e. The van der Waals surface area contributed by atoms with E-state index in [0.717, 1.165) is 11.3 Å². The van der Waals surface area contributed by atoms with Crippen LogP contribution < -0.4 is 5.32 Å². The summed E-state index contributed by atoms with van der Waals surface area (Å²) >= 11 is 1.13. The van der Waals surface area contributed by atoms with Crippen LogP contribution in [0.4, 0.5) is 9.39 Å². The van der Waals surface area contributed by atoms with Crippen molar-refractivity contribution >= 4 is 34.2 Å². The van der Waals surface area contributed by atoms with Gasteiger partial charge in [-0.2, -0.15) is 0 Å². The predicted octanol–water partition coefficient (Wildman–Crippen LogP) is 4.05. The van der Waals surface area contributed by atoms with Gasteiger partial charge in [-0.3, -0.25) is 9.59 Å². The van der Waals surface area contributed by atoms with E-state index in [1.165, 1.54) is 30.5 Å². The van der Waals surface area contributed by atoms with Crippen molar-refractivity contribution < 1.29 is 32.7 Å². The number of nitrogens with one attached hydrogen (secondary N) is 1. The van der Waals surface area contributed by atoms with Gasteiger partial charge in [0.1, 0.15) is 22.1 Å². The van der Waals surface area contributed by atoms with E-state index in [-0.39, 0.29) is 23.6 Å². The molecule has 0 saturated carbocycles. The standard InChI is InChI=1S/C21H18FNO6S/c1-2-27-21(26)19-15(16-4-3-9-28-16)12-30-20(19)23-17(24)11-29-18(25)10-13-5-7-14(22)8-6-13/h3-9,12H,2,10-11H2,1H3,(H,23,24). The summed E-state index contributed by atoms with van der Waals surface area (Å²) in [5.41, 5.74) is 1.22. The summed E-state index contributed by atoms with van der Waals surface area (Å²) in [5.74, 6) is -1.80. The molecule has 30 heavy (non-hydrogen) atoms. The Balaban J connectivity index is 1.63. The average molecular weight is 431 g/mol. The lowest BCUT2D eigenvalue weighted by Gasteiger charge is -2.08. The Kier molecular flexibility index (Phi) is 6.97. The fourth-order valence-electron chi connectivity index (χ4n) is 2.60. The number of carbonyl (C=O) groups excluding carboxylic acids is 3. The van der Waals surface area contributed by atoms with Crippen LogP contribution in [0.25, 0.3) is 11.3 Å². The van der Waals surface area contributed by atoms with E-state index in [4.69, 9.17) is 13.9 Å². The molecule has 3 rings (SSSR count). The highest BCUT2D eigenvalue weighted by Crippen LogP contribution is 2.36. The summed E-state index contributed by atoms with van der Waals surface area (Å²) in [6.45, 7) is 1.31. The molecule has 1 amide bonds. The van der Waals surface area contributed by atoms with Gasteiger partial charge in [0.15, 0.2) is 6.61 Å². The van der Waals surface area contributed by atoms with Gasteiger partial charge in [-0.25, -0.2) is 9.18 Å². The van der Waals surface area contributed by atoms with Gasteiger partial charge in [-0.15, -0.1) is 11.3 Å². The fourth-order valence-corrected chi connectivity index (χ4v) is 3.55. The van der Waals surface area contributed by atoms with Crippen LogP contribution in [0.1, 0.15) is 22.8 Å². The van der Waals surface area contributed by atoms with E-state index in [1.54, 1.807) is 24.4 Å². The molecule has 0 saturated heterocycles. The maximum Gasteiger partial charge on any atom is 0.341 e. The summed E-state index contributed by atoms with van der Waals surface area (Å²) in [7, 11) is 0. The number of hydrogen-bond donors (Lipinski definition) is 1. The van der Waals surface area contributed by atoms with E-state index < -0.39 is 30.3 Å². The van der Waals surface area contributed by atoms with Crippen molar-refractivity contribution in [3.63, 3.8) is 0 Å². The van der Waals surface area contributed by atoms with Gasteiger partial charge in [0.05, 0.1) is 19.3 Å². The summed E-state index contributed by atoms with van der Waals surface area (Å²) < 4.78 is 28.3. The Hall–Kier alpha value is -3.46. The molecule has 0 spiro atoms. The number of anilines is 1. The lowest BCUT2D eigenvalue weighted by molar-refractivity contribution is -0.146. The molecule has 156 valence electrons. The molecule has 2 aromatic heterocycles. The maximum absolute atomic E-state index is 12.9. The molecular weight excluding hydrogens is 413 g/mol. The lowest BCUT2D eigenvalue weighted by atomic mass is 10.1. The van der Waals surface area contributed by atoms with Crippen molar-refractivity contribution in [2.75, 3.05) is 18.5 Å². The predicted molar refractivity (Wildman–Crippen MR) is 108 cm³/mol. The molecule has 0 fully saturated rings. The second-order valence-corrected chi connectivity index (χ2v) is 6.94. The molecule has 1 aromatic carbocycles. The third kappa shape index (κ3) is 5.32. The van der Waals surface area contributed by atoms with Gasteiger partial charge in [0.25, 0.3) is 5.91 Å². The van der Waals surface area contributed by atoms with Crippen molar-refractivity contribution in [2.24, 2.45) is 0 Å². The van der Waals surface area contributed by atoms with Gasteiger partial charge in [0, 0.05) is 10.9 Å². The molecular formula is C21H18FNO6S. The third-order valence-corrected chi connectivity index (χ3v) is 4.83. The van der Waals surface area contributed by atoms with Crippen molar-refractivity contribution in [1.82, 2.24) is 0 Å². The van der Waals surface area contributed by atoms with Gasteiger partial charge in [0.2, 0.25) is 0 Å². The van der Waals surface area contributed by atoms with Gasteiger partial charge in [-0.1, -0.05) is 12.1 Å². The quantitative estimate of drug-likeness (QED) is 0.541. The maximum atomic E-state index is 12.9. The number of amides is 1. The Bertz CT molecular complexity index is 1030. The Morgan fingerprint density at radius 2 is 1.90 bits per heavy atom. The average Bonchev–Trinajstić information content (AvgIpc) is 3.38. The van der Waals surface area contributed by atoms with Crippen LogP contribution in [0, 0.1) is 5.82 Å². The van der Waals surface area contributed by atoms with Gasteiger partial charge in [-0.05, 0) is 36.8 Å². The Labute approximate surface area is 175 Å². The highest BCUT2D eigenvalue weighted by atomic mass is 32.1. The topological polar surface area (TPSA) is 94.8 Å². The molecule has 0 radical (unpaired) electrons. The summed E-state index contributed by atoms with van der Waals surface area (Å²) in [4.78, 5) is 36.5. The second kappa shape index (κ2) is 9.84. The van der Waals surface area contributed by atoms with E-state index in [2.05, 4.69) is 5.32 Å². The highest BCUT2D eigenvalue weighted by molar-refractivity contribution is 7.15. The molecule has 9 heteroatoms. The number of esters is 2. The largest absolute Gasteiger partial charge is 0.464 e.